The molecule has 0 aliphatic heterocycles. The maximum atomic E-state index is 12.6. The molecule has 0 heterocycles. The summed E-state index contributed by atoms with van der Waals surface area (Å²) >= 11 is 0. The molecular formula is C11H9F5O2. The van der Waals surface area contributed by atoms with Gasteiger partial charge < -0.3 is 9.53 Å². The van der Waals surface area contributed by atoms with Crippen LogP contribution < -0.4 is 4.74 Å². The smallest absolute Gasteiger partial charge is 0.419 e. The second kappa shape index (κ2) is 5.79. The monoisotopic (exact) mass is 268 g/mol. The van der Waals surface area contributed by atoms with Crippen LogP contribution in [-0.4, -0.2) is 12.9 Å². The topological polar surface area (TPSA) is 26.3 Å². The van der Waals surface area contributed by atoms with E-state index in [0.29, 0.717) is 12.4 Å². The highest BCUT2D eigenvalue weighted by molar-refractivity contribution is 5.52. The predicted octanol–water partition coefficient (Wildman–Crippen LogP) is 3.44. The molecule has 1 aromatic carbocycles. The van der Waals surface area contributed by atoms with E-state index >= 15 is 0 Å². The molecule has 0 radical (unpaired) electrons. The lowest BCUT2D eigenvalue weighted by atomic mass is 10.0. The third-order valence-electron chi connectivity index (χ3n) is 2.14. The molecule has 7 heteroatoms. The quantitative estimate of drug-likeness (QED) is 0.604. The van der Waals surface area contributed by atoms with E-state index in [-0.39, 0.29) is 18.4 Å². The van der Waals surface area contributed by atoms with Crippen molar-refractivity contribution in [2.45, 2.75) is 25.6 Å². The van der Waals surface area contributed by atoms with Gasteiger partial charge in [-0.1, -0.05) is 12.1 Å². The summed E-state index contributed by atoms with van der Waals surface area (Å²) in [5.74, 6) is -0.915. The molecule has 0 bridgehead atoms. The predicted molar refractivity (Wildman–Crippen MR) is 52.5 cm³/mol. The lowest BCUT2D eigenvalue weighted by Crippen LogP contribution is -2.13. The number of carbonyl (C=O) groups is 1. The fraction of sp³-hybridized carbons (Fsp3) is 0.364. The number of carbonyl (C=O) groups excluding carboxylic acids is 1. The molecule has 0 aromatic heterocycles. The maximum Gasteiger partial charge on any atom is 0.419 e. The molecule has 0 aliphatic carbocycles. The third-order valence-corrected chi connectivity index (χ3v) is 2.14. The van der Waals surface area contributed by atoms with Crippen molar-refractivity contribution >= 4 is 6.29 Å². The van der Waals surface area contributed by atoms with Crippen LogP contribution in [0.3, 0.4) is 0 Å². The third kappa shape index (κ3) is 3.68. The first kappa shape index (κ1) is 14.4. The lowest BCUT2D eigenvalue weighted by Gasteiger charge is -2.16. The number of rotatable bonds is 5. The van der Waals surface area contributed by atoms with Crippen LogP contribution in [0, 0.1) is 0 Å². The van der Waals surface area contributed by atoms with Gasteiger partial charge in [0.2, 0.25) is 0 Å². The van der Waals surface area contributed by atoms with Crippen molar-refractivity contribution in [3.05, 3.63) is 29.3 Å². The van der Waals surface area contributed by atoms with Crippen molar-refractivity contribution in [1.82, 2.24) is 0 Å². The molecule has 2 nitrogen and oxygen atoms in total. The number of aryl methyl sites for hydroxylation is 1. The molecular weight excluding hydrogens is 259 g/mol. The Bertz CT molecular complexity index is 414. The number of para-hydroxylation sites is 1. The maximum absolute atomic E-state index is 12.6. The summed E-state index contributed by atoms with van der Waals surface area (Å²) in [6, 6.07) is 2.96. The van der Waals surface area contributed by atoms with Gasteiger partial charge in [-0.2, -0.15) is 22.0 Å². The number of hydrogen-bond donors (Lipinski definition) is 0. The first-order valence-corrected chi connectivity index (χ1v) is 4.93. The van der Waals surface area contributed by atoms with Crippen LogP contribution in [0.15, 0.2) is 18.2 Å². The van der Waals surface area contributed by atoms with Crippen LogP contribution in [0.25, 0.3) is 0 Å². The van der Waals surface area contributed by atoms with E-state index in [1.165, 1.54) is 6.07 Å². The van der Waals surface area contributed by atoms with Gasteiger partial charge in [0.25, 0.3) is 0 Å². The van der Waals surface area contributed by atoms with Crippen LogP contribution >= 0.6 is 0 Å². The summed E-state index contributed by atoms with van der Waals surface area (Å²) in [6.45, 7) is -3.36. The molecule has 0 spiro atoms. The Labute approximate surface area is 99.4 Å². The molecule has 1 aromatic rings. The van der Waals surface area contributed by atoms with Gasteiger partial charge in [0.05, 0.1) is 5.56 Å². The van der Waals surface area contributed by atoms with Crippen LogP contribution in [0.1, 0.15) is 17.5 Å². The van der Waals surface area contributed by atoms with E-state index in [1.54, 1.807) is 0 Å². The molecule has 0 saturated carbocycles. The second-order valence-corrected chi connectivity index (χ2v) is 3.38. The van der Waals surface area contributed by atoms with Gasteiger partial charge in [0, 0.05) is 6.42 Å². The minimum absolute atomic E-state index is 0.0685. The highest BCUT2D eigenvalue weighted by Crippen LogP contribution is 2.39. The van der Waals surface area contributed by atoms with E-state index in [1.807, 2.05) is 0 Å². The SMILES string of the molecule is O=CCCc1cccc(C(F)(F)F)c1OC(F)F. The fourth-order valence-electron chi connectivity index (χ4n) is 1.45. The summed E-state index contributed by atoms with van der Waals surface area (Å²) in [7, 11) is 0. The van der Waals surface area contributed by atoms with E-state index in [2.05, 4.69) is 4.74 Å². The van der Waals surface area contributed by atoms with Crippen LogP contribution in [-0.2, 0) is 17.4 Å². The van der Waals surface area contributed by atoms with Crippen LogP contribution in [0.2, 0.25) is 0 Å². The molecule has 100 valence electrons. The van der Waals surface area contributed by atoms with E-state index in [9.17, 15) is 26.7 Å². The minimum atomic E-state index is -4.79. The van der Waals surface area contributed by atoms with Crippen LogP contribution in [0.5, 0.6) is 5.75 Å². The largest absolute Gasteiger partial charge is 0.434 e. The summed E-state index contributed by atoms with van der Waals surface area (Å²) in [4.78, 5) is 10.2. The average molecular weight is 268 g/mol. The second-order valence-electron chi connectivity index (χ2n) is 3.38. The number of ether oxygens (including phenoxy) is 1. The number of alkyl halides is 5. The molecule has 0 saturated heterocycles. The Morgan fingerprint density at radius 2 is 1.94 bits per heavy atom. The summed E-state index contributed by atoms with van der Waals surface area (Å²) in [6.07, 6.45) is -4.45. The molecule has 18 heavy (non-hydrogen) atoms. The van der Waals surface area contributed by atoms with Gasteiger partial charge in [-0.3, -0.25) is 0 Å². The Morgan fingerprint density at radius 1 is 1.28 bits per heavy atom. The standard InChI is InChI=1S/C11H9F5O2/c12-10(13)18-9-7(4-2-6-17)3-1-5-8(9)11(14,15)16/h1,3,5-6,10H,2,4H2. The van der Waals surface area contributed by atoms with Crippen molar-refractivity contribution in [3.8, 4) is 5.75 Å². The van der Waals surface area contributed by atoms with Crippen molar-refractivity contribution in [2.24, 2.45) is 0 Å². The summed E-state index contributed by atoms with van der Waals surface area (Å²) < 4.78 is 66.0. The van der Waals surface area contributed by atoms with E-state index in [4.69, 9.17) is 0 Å². The zero-order valence-corrected chi connectivity index (χ0v) is 9.01. The number of halogens is 5. The van der Waals surface area contributed by atoms with Gasteiger partial charge in [-0.15, -0.1) is 0 Å². The molecule has 1 rings (SSSR count). The van der Waals surface area contributed by atoms with Gasteiger partial charge in [-0.05, 0) is 18.1 Å². The normalized spacial score (nSPS) is 11.7. The van der Waals surface area contributed by atoms with E-state index < -0.39 is 24.1 Å². The highest BCUT2D eigenvalue weighted by Gasteiger charge is 2.36. The first-order chi connectivity index (χ1) is 8.36. The van der Waals surface area contributed by atoms with Crippen molar-refractivity contribution in [1.29, 1.82) is 0 Å². The van der Waals surface area contributed by atoms with Crippen molar-refractivity contribution in [2.75, 3.05) is 0 Å². The van der Waals surface area contributed by atoms with Gasteiger partial charge in [-0.25, -0.2) is 0 Å². The zero-order valence-electron chi connectivity index (χ0n) is 9.01. The Morgan fingerprint density at radius 3 is 2.44 bits per heavy atom. The van der Waals surface area contributed by atoms with Gasteiger partial charge in [0.1, 0.15) is 12.0 Å². The average Bonchev–Trinajstić information content (AvgIpc) is 2.25. The fourth-order valence-corrected chi connectivity index (χ4v) is 1.45. The Balaban J connectivity index is 3.21. The Hall–Kier alpha value is -1.66. The zero-order chi connectivity index (χ0) is 13.8. The highest BCUT2D eigenvalue weighted by atomic mass is 19.4. The molecule has 0 amide bonds. The lowest BCUT2D eigenvalue weighted by molar-refractivity contribution is -0.142. The molecule has 0 aliphatic rings. The Kier molecular flexibility index (Phi) is 4.63. The summed E-state index contributed by atoms with van der Waals surface area (Å²) in [5, 5.41) is 0. The van der Waals surface area contributed by atoms with Crippen molar-refractivity contribution < 1.29 is 31.5 Å². The number of aldehydes is 1. The van der Waals surface area contributed by atoms with Gasteiger partial charge in [0.15, 0.2) is 0 Å². The number of benzene rings is 1. The van der Waals surface area contributed by atoms with Gasteiger partial charge >= 0.3 is 12.8 Å². The van der Waals surface area contributed by atoms with Crippen molar-refractivity contribution in [3.63, 3.8) is 0 Å². The first-order valence-electron chi connectivity index (χ1n) is 4.93. The van der Waals surface area contributed by atoms with E-state index in [0.717, 1.165) is 6.07 Å². The molecule has 0 unspecified atom stereocenters. The number of hydrogen-bond acceptors (Lipinski definition) is 2. The van der Waals surface area contributed by atoms with Crippen LogP contribution in [0.4, 0.5) is 22.0 Å². The summed E-state index contributed by atoms with van der Waals surface area (Å²) in [5.41, 5.74) is -1.34. The minimum Gasteiger partial charge on any atom is -0.434 e. The molecule has 0 atom stereocenters. The molecule has 0 N–H and O–H groups in total. The molecule has 0 fully saturated rings.